The van der Waals surface area contributed by atoms with Crippen molar-refractivity contribution in [3.05, 3.63) is 28.2 Å². The number of hydrogen-bond acceptors (Lipinski definition) is 4. The summed E-state index contributed by atoms with van der Waals surface area (Å²) in [5.74, 6) is -0.257. The van der Waals surface area contributed by atoms with Crippen LogP contribution in [0.15, 0.2) is 22.7 Å². The van der Waals surface area contributed by atoms with E-state index >= 15 is 0 Å². The lowest BCUT2D eigenvalue weighted by molar-refractivity contribution is 0.102. The maximum absolute atomic E-state index is 11.4. The van der Waals surface area contributed by atoms with Crippen molar-refractivity contribution in [1.29, 1.82) is 5.26 Å². The van der Waals surface area contributed by atoms with Crippen LogP contribution in [-0.4, -0.2) is 16.6 Å². The molecule has 14 heavy (non-hydrogen) atoms. The Hall–Kier alpha value is -0.990. The Labute approximate surface area is 93.9 Å². The predicted molar refractivity (Wildman–Crippen MR) is 58.2 cm³/mol. The van der Waals surface area contributed by atoms with Crippen LogP contribution in [0.2, 0.25) is 0 Å². The van der Waals surface area contributed by atoms with E-state index in [1.54, 1.807) is 11.5 Å². The molecule has 0 aliphatic heterocycles. The zero-order valence-electron chi connectivity index (χ0n) is 7.03. The molecule has 1 N–H and O–H groups in total. The average Bonchev–Trinajstić information content (AvgIpc) is 2.18. The van der Waals surface area contributed by atoms with Gasteiger partial charge in [0.05, 0.1) is 11.3 Å². The number of halogens is 1. The number of carbonyl (C=O) groups is 1. The Morgan fingerprint density at radius 1 is 1.64 bits per heavy atom. The molecule has 0 radical (unpaired) electrons. The number of nitrogens with zero attached hydrogens (tertiary/aromatic N) is 1. The predicted octanol–water partition coefficient (Wildman–Crippen LogP) is 2.55. The lowest BCUT2D eigenvalue weighted by Crippen LogP contribution is -2.02. The molecule has 0 heterocycles. The molecule has 1 rings (SSSR count). The van der Waals surface area contributed by atoms with Crippen molar-refractivity contribution >= 4 is 33.5 Å². The largest absolute Gasteiger partial charge is 0.507 e. The van der Waals surface area contributed by atoms with Crippen molar-refractivity contribution in [3.8, 4) is 11.2 Å². The fourth-order valence-electron chi connectivity index (χ4n) is 0.907. The molecule has 0 unspecified atom stereocenters. The SMILES string of the molecule is N#CSCC(=O)c1cc(Br)ccc1O. The van der Waals surface area contributed by atoms with Gasteiger partial charge in [0.25, 0.3) is 0 Å². The summed E-state index contributed by atoms with van der Waals surface area (Å²) < 4.78 is 0.723. The van der Waals surface area contributed by atoms with Crippen molar-refractivity contribution in [1.82, 2.24) is 0 Å². The highest BCUT2D eigenvalue weighted by atomic mass is 79.9. The van der Waals surface area contributed by atoms with Gasteiger partial charge in [-0.15, -0.1) is 0 Å². The van der Waals surface area contributed by atoms with Crippen molar-refractivity contribution in [2.45, 2.75) is 0 Å². The van der Waals surface area contributed by atoms with E-state index in [1.807, 2.05) is 0 Å². The summed E-state index contributed by atoms with van der Waals surface area (Å²) in [5.41, 5.74) is 0.238. The summed E-state index contributed by atoms with van der Waals surface area (Å²) in [7, 11) is 0. The van der Waals surface area contributed by atoms with Gasteiger partial charge >= 0.3 is 0 Å². The molecule has 1 aromatic carbocycles. The molecule has 0 saturated carbocycles. The second kappa shape index (κ2) is 5.03. The van der Waals surface area contributed by atoms with Crippen molar-refractivity contribution in [2.24, 2.45) is 0 Å². The van der Waals surface area contributed by atoms with E-state index in [1.165, 1.54) is 12.1 Å². The number of phenolic OH excluding ortho intramolecular Hbond substituents is 1. The number of Topliss-reactive ketones (excluding diaryl/α,β-unsaturated/α-hetero) is 1. The molecule has 0 aromatic heterocycles. The van der Waals surface area contributed by atoms with E-state index in [0.717, 1.165) is 16.2 Å². The van der Waals surface area contributed by atoms with Gasteiger partial charge in [0.2, 0.25) is 0 Å². The summed E-state index contributed by atoms with van der Waals surface area (Å²) in [6.45, 7) is 0. The molecule has 0 saturated heterocycles. The Bertz CT molecular complexity index is 400. The van der Waals surface area contributed by atoms with E-state index in [0.29, 0.717) is 0 Å². The molecule has 0 aliphatic carbocycles. The first-order chi connectivity index (χ1) is 6.65. The van der Waals surface area contributed by atoms with Crippen molar-refractivity contribution in [3.63, 3.8) is 0 Å². The van der Waals surface area contributed by atoms with Crippen molar-refractivity contribution in [2.75, 3.05) is 5.75 Å². The van der Waals surface area contributed by atoms with Gasteiger partial charge in [0.1, 0.15) is 11.2 Å². The lowest BCUT2D eigenvalue weighted by Gasteiger charge is -2.01. The van der Waals surface area contributed by atoms with E-state index in [4.69, 9.17) is 5.26 Å². The average molecular weight is 272 g/mol. The minimum Gasteiger partial charge on any atom is -0.507 e. The molecular formula is C9H6BrNO2S. The molecule has 0 bridgehead atoms. The van der Waals surface area contributed by atoms with Crippen LogP contribution in [0.1, 0.15) is 10.4 Å². The van der Waals surface area contributed by atoms with Gasteiger partial charge in [-0.3, -0.25) is 4.79 Å². The third-order valence-corrected chi connectivity index (χ3v) is 2.56. The Morgan fingerprint density at radius 3 is 3.00 bits per heavy atom. The number of carbonyl (C=O) groups excluding carboxylic acids is 1. The fraction of sp³-hybridized carbons (Fsp3) is 0.111. The second-order valence-corrected chi connectivity index (χ2v) is 4.14. The number of hydrogen-bond donors (Lipinski definition) is 1. The Kier molecular flexibility index (Phi) is 3.98. The summed E-state index contributed by atoms with van der Waals surface area (Å²) >= 11 is 4.05. The molecule has 0 aliphatic rings. The topological polar surface area (TPSA) is 61.1 Å². The monoisotopic (exact) mass is 271 g/mol. The number of thioether (sulfide) groups is 1. The third-order valence-electron chi connectivity index (χ3n) is 1.53. The molecule has 72 valence electrons. The quantitative estimate of drug-likeness (QED) is 0.678. The number of nitriles is 1. The maximum atomic E-state index is 11.4. The van der Waals surface area contributed by atoms with Gasteiger partial charge in [0, 0.05) is 4.47 Å². The highest BCUT2D eigenvalue weighted by Gasteiger charge is 2.11. The van der Waals surface area contributed by atoms with Crippen LogP contribution in [0, 0.1) is 10.7 Å². The smallest absolute Gasteiger partial charge is 0.177 e. The zero-order chi connectivity index (χ0) is 10.6. The standard InChI is InChI=1S/C9H6BrNO2S/c10-6-1-2-8(12)7(3-6)9(13)4-14-5-11/h1-3,12H,4H2. The zero-order valence-corrected chi connectivity index (χ0v) is 9.43. The van der Waals surface area contributed by atoms with Crippen LogP contribution < -0.4 is 0 Å². The lowest BCUT2D eigenvalue weighted by atomic mass is 10.1. The molecule has 3 nitrogen and oxygen atoms in total. The number of phenols is 1. The number of rotatable bonds is 3. The van der Waals surface area contributed by atoms with E-state index in [2.05, 4.69) is 15.9 Å². The van der Waals surface area contributed by atoms with Gasteiger partial charge in [0.15, 0.2) is 5.78 Å². The van der Waals surface area contributed by atoms with E-state index in [9.17, 15) is 9.90 Å². The minimum absolute atomic E-state index is 0.0561. The van der Waals surface area contributed by atoms with Crippen LogP contribution in [0.25, 0.3) is 0 Å². The first-order valence-electron chi connectivity index (χ1n) is 3.67. The van der Waals surface area contributed by atoms with Crippen LogP contribution in [0.5, 0.6) is 5.75 Å². The first-order valence-corrected chi connectivity index (χ1v) is 5.45. The fourth-order valence-corrected chi connectivity index (χ4v) is 1.62. The number of thiocyanates is 1. The van der Waals surface area contributed by atoms with Gasteiger partial charge in [-0.25, -0.2) is 0 Å². The normalized spacial score (nSPS) is 9.43. The molecular weight excluding hydrogens is 266 g/mol. The second-order valence-electron chi connectivity index (χ2n) is 2.46. The van der Waals surface area contributed by atoms with Crippen LogP contribution >= 0.6 is 27.7 Å². The van der Waals surface area contributed by atoms with E-state index in [-0.39, 0.29) is 22.8 Å². The molecule has 1 aromatic rings. The summed E-state index contributed by atoms with van der Waals surface area (Å²) in [5, 5.41) is 19.5. The Morgan fingerprint density at radius 2 is 2.36 bits per heavy atom. The molecule has 5 heteroatoms. The summed E-state index contributed by atoms with van der Waals surface area (Å²) in [6.07, 6.45) is 0. The maximum Gasteiger partial charge on any atom is 0.177 e. The number of benzene rings is 1. The van der Waals surface area contributed by atoms with Gasteiger partial charge < -0.3 is 5.11 Å². The van der Waals surface area contributed by atoms with E-state index < -0.39 is 0 Å². The van der Waals surface area contributed by atoms with Crippen molar-refractivity contribution < 1.29 is 9.90 Å². The molecule has 0 atom stereocenters. The van der Waals surface area contributed by atoms with Gasteiger partial charge in [-0.2, -0.15) is 5.26 Å². The van der Waals surface area contributed by atoms with Crippen LogP contribution in [0.4, 0.5) is 0 Å². The minimum atomic E-state index is -0.254. The molecule has 0 fully saturated rings. The highest BCUT2D eigenvalue weighted by Crippen LogP contribution is 2.23. The van der Waals surface area contributed by atoms with Crippen LogP contribution in [0.3, 0.4) is 0 Å². The summed E-state index contributed by atoms with van der Waals surface area (Å²) in [6, 6.07) is 4.62. The highest BCUT2D eigenvalue weighted by molar-refractivity contribution is 9.10. The number of aromatic hydroxyl groups is 1. The molecule has 0 amide bonds. The summed E-state index contributed by atoms with van der Waals surface area (Å²) in [4.78, 5) is 11.4. The van der Waals surface area contributed by atoms with Gasteiger partial charge in [-0.1, -0.05) is 15.9 Å². The van der Waals surface area contributed by atoms with Crippen LogP contribution in [-0.2, 0) is 0 Å². The molecule has 0 spiro atoms. The third kappa shape index (κ3) is 2.76. The first kappa shape index (κ1) is 11.1. The number of ketones is 1. The Balaban J connectivity index is 2.90. The van der Waals surface area contributed by atoms with Gasteiger partial charge in [-0.05, 0) is 30.0 Å².